The van der Waals surface area contributed by atoms with Crippen LogP contribution in [-0.2, 0) is 30.4 Å². The van der Waals surface area contributed by atoms with Gasteiger partial charge in [0.15, 0.2) is 0 Å². The summed E-state index contributed by atoms with van der Waals surface area (Å²) in [6.07, 6.45) is 1.34. The van der Waals surface area contributed by atoms with Crippen LogP contribution in [0, 0.1) is 6.92 Å². The molecular weight excluding hydrogens is 566 g/mol. The number of urea groups is 1. The lowest BCUT2D eigenvalue weighted by Gasteiger charge is -2.34. The maximum Gasteiger partial charge on any atom is 0.323 e. The van der Waals surface area contributed by atoms with Crippen molar-refractivity contribution in [2.75, 3.05) is 36.8 Å². The average Bonchev–Trinajstić information content (AvgIpc) is 3.51. The Morgan fingerprint density at radius 2 is 1.55 bits per heavy atom. The van der Waals surface area contributed by atoms with Gasteiger partial charge in [0.05, 0.1) is 25.9 Å². The molecule has 0 aliphatic carbocycles. The quantitative estimate of drug-likeness (QED) is 0.230. The summed E-state index contributed by atoms with van der Waals surface area (Å²) in [6, 6.07) is 11.9. The molecule has 1 saturated heterocycles. The summed E-state index contributed by atoms with van der Waals surface area (Å²) in [5.74, 6) is -2.72. The number of amides is 7. The van der Waals surface area contributed by atoms with Gasteiger partial charge in [0.1, 0.15) is 6.04 Å². The van der Waals surface area contributed by atoms with Gasteiger partial charge in [0.2, 0.25) is 29.5 Å². The van der Waals surface area contributed by atoms with E-state index in [1.807, 2.05) is 25.1 Å². The molecule has 1 aliphatic heterocycles. The number of likely N-dealkylation sites (tertiary alicyclic amines) is 1. The number of carbonyl (C=O) groups is 6. The SMILES string of the molecule is Cc1ccccc1NC(=O)Nc1ccc(CC(=O)NCC(=O)N(C(C)C)[C@@H](CC(N)=O)C(=O)NCC(=O)N2CCCC2)cc1. The fourth-order valence-electron chi connectivity index (χ4n) is 4.91. The Kier molecular flexibility index (Phi) is 12.2. The number of anilines is 2. The van der Waals surface area contributed by atoms with Gasteiger partial charge >= 0.3 is 6.03 Å². The van der Waals surface area contributed by atoms with Crippen molar-refractivity contribution in [2.24, 2.45) is 5.73 Å². The number of hydrogen-bond acceptors (Lipinski definition) is 6. The molecule has 0 unspecified atom stereocenters. The van der Waals surface area contributed by atoms with Gasteiger partial charge in [0, 0.05) is 30.5 Å². The van der Waals surface area contributed by atoms with E-state index in [0.29, 0.717) is 30.0 Å². The van der Waals surface area contributed by atoms with Crippen LogP contribution < -0.4 is 27.0 Å². The number of nitrogens with zero attached hydrogens (tertiary/aromatic N) is 2. The van der Waals surface area contributed by atoms with Crippen LogP contribution in [0.1, 0.15) is 44.2 Å². The van der Waals surface area contributed by atoms with Gasteiger partial charge in [-0.25, -0.2) is 4.79 Å². The highest BCUT2D eigenvalue weighted by Gasteiger charge is 2.33. The number of rotatable bonds is 13. The summed E-state index contributed by atoms with van der Waals surface area (Å²) in [4.78, 5) is 78.2. The molecule has 13 heteroatoms. The Morgan fingerprint density at radius 1 is 0.886 bits per heavy atom. The monoisotopic (exact) mass is 607 g/mol. The summed E-state index contributed by atoms with van der Waals surface area (Å²) in [5.41, 5.74) is 8.18. The first-order valence-corrected chi connectivity index (χ1v) is 14.6. The first-order chi connectivity index (χ1) is 20.9. The standard InChI is InChI=1S/C31H41N7O6/c1-20(2)38(25(17-26(32)39)30(43)34-18-28(41)37-14-6-7-15-37)29(42)19-33-27(40)16-22-10-12-23(13-11-22)35-31(44)36-24-9-5-4-8-21(24)3/h4-5,8-13,20,25H,6-7,14-19H2,1-3H3,(H2,32,39)(H,33,40)(H,34,43)(H2,35,36,44)/t25-/m0/s1. The van der Waals surface area contributed by atoms with E-state index in [0.717, 1.165) is 18.4 Å². The Bertz CT molecular complexity index is 1360. The minimum atomic E-state index is -1.24. The van der Waals surface area contributed by atoms with Gasteiger partial charge in [-0.2, -0.15) is 0 Å². The van der Waals surface area contributed by atoms with Crippen LogP contribution in [0.15, 0.2) is 48.5 Å². The van der Waals surface area contributed by atoms with Gasteiger partial charge < -0.3 is 36.8 Å². The molecular formula is C31H41N7O6. The number of benzene rings is 2. The van der Waals surface area contributed by atoms with Gasteiger partial charge in [0.25, 0.3) is 0 Å². The van der Waals surface area contributed by atoms with Crippen LogP contribution >= 0.6 is 0 Å². The number of para-hydroxylation sites is 1. The highest BCUT2D eigenvalue weighted by atomic mass is 16.2. The van der Waals surface area contributed by atoms with Gasteiger partial charge in [-0.05, 0) is 62.9 Å². The van der Waals surface area contributed by atoms with E-state index in [1.165, 1.54) is 4.90 Å². The highest BCUT2D eigenvalue weighted by Crippen LogP contribution is 2.16. The third-order valence-corrected chi connectivity index (χ3v) is 7.16. The van der Waals surface area contributed by atoms with Gasteiger partial charge in [-0.1, -0.05) is 30.3 Å². The molecule has 2 aromatic rings. The lowest BCUT2D eigenvalue weighted by Crippen LogP contribution is -2.56. The number of nitrogens with one attached hydrogen (secondary N) is 4. The molecule has 13 nitrogen and oxygen atoms in total. The molecule has 6 N–H and O–H groups in total. The van der Waals surface area contributed by atoms with Crippen molar-refractivity contribution in [1.82, 2.24) is 20.4 Å². The smallest absolute Gasteiger partial charge is 0.323 e. The summed E-state index contributed by atoms with van der Waals surface area (Å²) < 4.78 is 0. The molecule has 3 rings (SSSR count). The van der Waals surface area contributed by atoms with Crippen molar-refractivity contribution >= 4 is 46.9 Å². The predicted molar refractivity (Wildman–Crippen MR) is 165 cm³/mol. The molecule has 1 aliphatic rings. The summed E-state index contributed by atoms with van der Waals surface area (Å²) in [7, 11) is 0. The van der Waals surface area contributed by atoms with Crippen LogP contribution in [0.25, 0.3) is 0 Å². The second-order valence-corrected chi connectivity index (χ2v) is 10.9. The minimum Gasteiger partial charge on any atom is -0.370 e. The Hall–Kier alpha value is -4.94. The van der Waals surface area contributed by atoms with Crippen molar-refractivity contribution < 1.29 is 28.8 Å². The molecule has 44 heavy (non-hydrogen) atoms. The molecule has 1 atom stereocenters. The van der Waals surface area contributed by atoms with Crippen LogP contribution in [-0.4, -0.2) is 83.6 Å². The molecule has 2 aromatic carbocycles. The predicted octanol–water partition coefficient (Wildman–Crippen LogP) is 1.52. The molecule has 0 saturated carbocycles. The molecule has 0 radical (unpaired) electrons. The molecule has 1 heterocycles. The topological polar surface area (TPSA) is 183 Å². The zero-order valence-corrected chi connectivity index (χ0v) is 25.4. The van der Waals surface area contributed by atoms with E-state index in [2.05, 4.69) is 21.3 Å². The Balaban J connectivity index is 1.53. The number of aryl methyl sites for hydroxylation is 1. The van der Waals surface area contributed by atoms with Crippen LogP contribution in [0.2, 0.25) is 0 Å². The molecule has 0 aromatic heterocycles. The summed E-state index contributed by atoms with van der Waals surface area (Å²) in [6.45, 7) is 5.83. The highest BCUT2D eigenvalue weighted by molar-refractivity contribution is 6.00. The lowest BCUT2D eigenvalue weighted by molar-refractivity contribution is -0.144. The number of carbonyl (C=O) groups excluding carboxylic acids is 6. The molecule has 0 spiro atoms. The normalized spacial score (nSPS) is 13.1. The molecule has 236 valence electrons. The zero-order chi connectivity index (χ0) is 32.2. The fourth-order valence-corrected chi connectivity index (χ4v) is 4.91. The van der Waals surface area contributed by atoms with E-state index >= 15 is 0 Å². The number of nitrogens with two attached hydrogens (primary N) is 1. The summed E-state index contributed by atoms with van der Waals surface area (Å²) >= 11 is 0. The van der Waals surface area contributed by atoms with Crippen molar-refractivity contribution in [2.45, 2.75) is 58.5 Å². The van der Waals surface area contributed by atoms with Gasteiger partial charge in [-0.15, -0.1) is 0 Å². The second-order valence-electron chi connectivity index (χ2n) is 10.9. The van der Waals surface area contributed by atoms with E-state index in [9.17, 15) is 28.8 Å². The molecule has 7 amide bonds. The minimum absolute atomic E-state index is 0.0333. The Labute approximate surface area is 256 Å². The van der Waals surface area contributed by atoms with Crippen LogP contribution in [0.4, 0.5) is 16.2 Å². The third kappa shape index (κ3) is 10.1. The zero-order valence-electron chi connectivity index (χ0n) is 25.4. The maximum absolute atomic E-state index is 13.2. The second kappa shape index (κ2) is 16.1. The van der Waals surface area contributed by atoms with Crippen LogP contribution in [0.5, 0.6) is 0 Å². The van der Waals surface area contributed by atoms with Crippen molar-refractivity contribution in [3.63, 3.8) is 0 Å². The van der Waals surface area contributed by atoms with Crippen LogP contribution in [0.3, 0.4) is 0 Å². The van der Waals surface area contributed by atoms with E-state index in [1.54, 1.807) is 49.1 Å². The lowest BCUT2D eigenvalue weighted by atomic mass is 10.1. The summed E-state index contributed by atoms with van der Waals surface area (Å²) in [5, 5.41) is 10.6. The largest absolute Gasteiger partial charge is 0.370 e. The maximum atomic E-state index is 13.2. The number of primary amides is 1. The van der Waals surface area contributed by atoms with Crippen molar-refractivity contribution in [3.8, 4) is 0 Å². The first-order valence-electron chi connectivity index (χ1n) is 14.6. The molecule has 0 bridgehead atoms. The van der Waals surface area contributed by atoms with E-state index < -0.39 is 54.7 Å². The molecule has 1 fully saturated rings. The van der Waals surface area contributed by atoms with E-state index in [-0.39, 0.29) is 18.9 Å². The fraction of sp³-hybridized carbons (Fsp3) is 0.419. The van der Waals surface area contributed by atoms with Crippen molar-refractivity contribution in [3.05, 3.63) is 59.7 Å². The van der Waals surface area contributed by atoms with Crippen molar-refractivity contribution in [1.29, 1.82) is 0 Å². The Morgan fingerprint density at radius 3 is 2.16 bits per heavy atom. The van der Waals surface area contributed by atoms with Gasteiger partial charge in [-0.3, -0.25) is 24.0 Å². The number of hydrogen-bond donors (Lipinski definition) is 5. The average molecular weight is 608 g/mol. The third-order valence-electron chi connectivity index (χ3n) is 7.16. The van der Waals surface area contributed by atoms with E-state index in [4.69, 9.17) is 5.73 Å². The first kappa shape index (κ1) is 33.6.